The van der Waals surface area contributed by atoms with Gasteiger partial charge in [0.05, 0.1) is 0 Å². The van der Waals surface area contributed by atoms with Crippen LogP contribution in [0.2, 0.25) is 0 Å². The summed E-state index contributed by atoms with van der Waals surface area (Å²) in [6.07, 6.45) is 1.80. The SMILES string of the molecule is Cc1ccnc(SCCNc2ccccc2)n1. The average Bonchev–Trinajstić information content (AvgIpc) is 2.36. The fourth-order valence-electron chi connectivity index (χ4n) is 1.39. The van der Waals surface area contributed by atoms with Gasteiger partial charge in [0.25, 0.3) is 0 Å². The normalized spacial score (nSPS) is 10.2. The minimum atomic E-state index is 0.847. The molecule has 0 spiro atoms. The zero-order valence-corrected chi connectivity index (χ0v) is 10.6. The minimum Gasteiger partial charge on any atom is -0.384 e. The molecule has 17 heavy (non-hydrogen) atoms. The van der Waals surface area contributed by atoms with E-state index in [4.69, 9.17) is 0 Å². The molecule has 88 valence electrons. The molecule has 1 N–H and O–H groups in total. The zero-order chi connectivity index (χ0) is 11.9. The molecular weight excluding hydrogens is 230 g/mol. The molecule has 2 rings (SSSR count). The van der Waals surface area contributed by atoms with Gasteiger partial charge in [-0.3, -0.25) is 0 Å². The molecule has 0 amide bonds. The summed E-state index contributed by atoms with van der Waals surface area (Å²) < 4.78 is 0. The Morgan fingerprint density at radius 3 is 2.76 bits per heavy atom. The number of nitrogens with zero attached hydrogens (tertiary/aromatic N) is 2. The van der Waals surface area contributed by atoms with Crippen LogP contribution in [0.1, 0.15) is 5.69 Å². The topological polar surface area (TPSA) is 37.8 Å². The quantitative estimate of drug-likeness (QED) is 0.499. The van der Waals surface area contributed by atoms with Crippen molar-refractivity contribution < 1.29 is 0 Å². The maximum Gasteiger partial charge on any atom is 0.187 e. The smallest absolute Gasteiger partial charge is 0.187 e. The molecule has 1 aromatic carbocycles. The first-order chi connectivity index (χ1) is 8.34. The molecule has 0 unspecified atom stereocenters. The third-order valence-electron chi connectivity index (χ3n) is 2.21. The number of thioether (sulfide) groups is 1. The highest BCUT2D eigenvalue weighted by atomic mass is 32.2. The van der Waals surface area contributed by atoms with E-state index in [2.05, 4.69) is 27.4 Å². The summed E-state index contributed by atoms with van der Waals surface area (Å²) in [4.78, 5) is 8.55. The molecule has 4 heteroatoms. The van der Waals surface area contributed by atoms with Crippen molar-refractivity contribution in [2.24, 2.45) is 0 Å². The van der Waals surface area contributed by atoms with Crippen molar-refractivity contribution in [3.8, 4) is 0 Å². The standard InChI is InChI=1S/C13H15N3S/c1-11-7-8-15-13(16-11)17-10-9-14-12-5-3-2-4-6-12/h2-8,14H,9-10H2,1H3. The highest BCUT2D eigenvalue weighted by Gasteiger charge is 1.97. The Morgan fingerprint density at radius 2 is 2.00 bits per heavy atom. The summed E-state index contributed by atoms with van der Waals surface area (Å²) in [5.41, 5.74) is 2.16. The Morgan fingerprint density at radius 1 is 1.18 bits per heavy atom. The number of aryl methyl sites for hydroxylation is 1. The van der Waals surface area contributed by atoms with E-state index in [1.165, 1.54) is 0 Å². The molecule has 3 nitrogen and oxygen atoms in total. The second-order valence-corrected chi connectivity index (χ2v) is 4.68. The number of aromatic nitrogens is 2. The lowest BCUT2D eigenvalue weighted by Crippen LogP contribution is -2.04. The number of hydrogen-bond donors (Lipinski definition) is 1. The van der Waals surface area contributed by atoms with Gasteiger partial charge in [0.1, 0.15) is 0 Å². The summed E-state index contributed by atoms with van der Waals surface area (Å²) in [6.45, 7) is 2.89. The summed E-state index contributed by atoms with van der Waals surface area (Å²) in [5.74, 6) is 0.957. The number of hydrogen-bond acceptors (Lipinski definition) is 4. The van der Waals surface area contributed by atoms with Gasteiger partial charge in [0, 0.05) is 29.9 Å². The molecule has 2 aromatic rings. The number of nitrogens with one attached hydrogen (secondary N) is 1. The maximum absolute atomic E-state index is 4.34. The molecule has 0 radical (unpaired) electrons. The van der Waals surface area contributed by atoms with Crippen molar-refractivity contribution in [3.05, 3.63) is 48.3 Å². The monoisotopic (exact) mass is 245 g/mol. The Balaban J connectivity index is 1.73. The maximum atomic E-state index is 4.34. The molecule has 0 fully saturated rings. The van der Waals surface area contributed by atoms with Crippen LogP contribution in [0.15, 0.2) is 47.8 Å². The zero-order valence-electron chi connectivity index (χ0n) is 9.76. The van der Waals surface area contributed by atoms with E-state index in [-0.39, 0.29) is 0 Å². The van der Waals surface area contributed by atoms with Crippen LogP contribution in [0.5, 0.6) is 0 Å². The van der Waals surface area contributed by atoms with Gasteiger partial charge >= 0.3 is 0 Å². The van der Waals surface area contributed by atoms with Crippen LogP contribution in [0, 0.1) is 6.92 Å². The van der Waals surface area contributed by atoms with E-state index in [1.54, 1.807) is 18.0 Å². The Hall–Kier alpha value is -1.55. The van der Waals surface area contributed by atoms with Crippen LogP contribution in [0.25, 0.3) is 0 Å². The van der Waals surface area contributed by atoms with E-state index < -0.39 is 0 Å². The van der Waals surface area contributed by atoms with Gasteiger partial charge in [-0.15, -0.1) is 0 Å². The summed E-state index contributed by atoms with van der Waals surface area (Å²) >= 11 is 1.67. The van der Waals surface area contributed by atoms with Crippen LogP contribution in [0.4, 0.5) is 5.69 Å². The Labute approximate surface area is 106 Å². The van der Waals surface area contributed by atoms with Crippen molar-refractivity contribution in [2.45, 2.75) is 12.1 Å². The molecule has 0 atom stereocenters. The van der Waals surface area contributed by atoms with Crippen LogP contribution >= 0.6 is 11.8 Å². The molecule has 1 aromatic heterocycles. The second-order valence-electron chi connectivity index (χ2n) is 3.62. The molecule has 0 bridgehead atoms. The van der Waals surface area contributed by atoms with Crippen LogP contribution in [0.3, 0.4) is 0 Å². The minimum absolute atomic E-state index is 0.847. The fourth-order valence-corrected chi connectivity index (χ4v) is 2.12. The molecule has 0 aliphatic carbocycles. The number of rotatable bonds is 5. The van der Waals surface area contributed by atoms with E-state index in [1.807, 2.05) is 31.2 Å². The van der Waals surface area contributed by atoms with Gasteiger partial charge in [-0.1, -0.05) is 30.0 Å². The summed E-state index contributed by atoms with van der Waals surface area (Å²) in [7, 11) is 0. The number of benzene rings is 1. The van der Waals surface area contributed by atoms with Gasteiger partial charge in [-0.2, -0.15) is 0 Å². The van der Waals surface area contributed by atoms with E-state index >= 15 is 0 Å². The number of anilines is 1. The largest absolute Gasteiger partial charge is 0.384 e. The van der Waals surface area contributed by atoms with Crippen molar-refractivity contribution in [2.75, 3.05) is 17.6 Å². The van der Waals surface area contributed by atoms with E-state index in [0.717, 1.165) is 28.8 Å². The third kappa shape index (κ3) is 4.07. The first kappa shape index (κ1) is 11.9. The molecular formula is C13H15N3S. The number of para-hydroxylation sites is 1. The molecule has 0 aliphatic rings. The highest BCUT2D eigenvalue weighted by molar-refractivity contribution is 7.99. The first-order valence-corrected chi connectivity index (χ1v) is 6.54. The average molecular weight is 245 g/mol. The van der Waals surface area contributed by atoms with Gasteiger partial charge in [0.2, 0.25) is 0 Å². The van der Waals surface area contributed by atoms with Crippen LogP contribution in [-0.2, 0) is 0 Å². The third-order valence-corrected chi connectivity index (χ3v) is 3.07. The van der Waals surface area contributed by atoms with E-state index in [0.29, 0.717) is 0 Å². The first-order valence-electron chi connectivity index (χ1n) is 5.56. The van der Waals surface area contributed by atoms with Gasteiger partial charge < -0.3 is 5.32 Å². The van der Waals surface area contributed by atoms with Gasteiger partial charge in [0.15, 0.2) is 5.16 Å². The van der Waals surface area contributed by atoms with Gasteiger partial charge in [-0.05, 0) is 25.1 Å². The lowest BCUT2D eigenvalue weighted by atomic mass is 10.3. The van der Waals surface area contributed by atoms with E-state index in [9.17, 15) is 0 Å². The predicted octanol–water partition coefficient (Wildman–Crippen LogP) is 2.99. The lowest BCUT2D eigenvalue weighted by molar-refractivity contribution is 0.931. The van der Waals surface area contributed by atoms with Crippen LogP contribution in [-0.4, -0.2) is 22.3 Å². The molecule has 0 saturated carbocycles. The molecule has 0 aliphatic heterocycles. The second kappa shape index (κ2) is 6.25. The summed E-state index contributed by atoms with van der Waals surface area (Å²) in [6, 6.07) is 12.1. The van der Waals surface area contributed by atoms with Gasteiger partial charge in [-0.25, -0.2) is 9.97 Å². The molecule has 0 saturated heterocycles. The van der Waals surface area contributed by atoms with Crippen molar-refractivity contribution >= 4 is 17.4 Å². The van der Waals surface area contributed by atoms with Crippen molar-refractivity contribution in [1.29, 1.82) is 0 Å². The Kier molecular flexibility index (Phi) is 4.38. The summed E-state index contributed by atoms with van der Waals surface area (Å²) in [5, 5.41) is 4.20. The molecule has 1 heterocycles. The lowest BCUT2D eigenvalue weighted by Gasteiger charge is -2.05. The van der Waals surface area contributed by atoms with Crippen molar-refractivity contribution in [3.63, 3.8) is 0 Å². The van der Waals surface area contributed by atoms with Crippen LogP contribution < -0.4 is 5.32 Å². The highest BCUT2D eigenvalue weighted by Crippen LogP contribution is 2.12. The Bertz CT molecular complexity index is 459. The van der Waals surface area contributed by atoms with Crippen molar-refractivity contribution in [1.82, 2.24) is 9.97 Å². The fraction of sp³-hybridized carbons (Fsp3) is 0.231. The predicted molar refractivity (Wildman–Crippen MR) is 72.4 cm³/mol.